The van der Waals surface area contributed by atoms with Crippen molar-refractivity contribution >= 4 is 23.0 Å². The monoisotopic (exact) mass is 429 g/mol. The number of benzene rings is 3. The van der Waals surface area contributed by atoms with E-state index in [0.717, 1.165) is 27.7 Å². The fraction of sp³-hybridized carbons (Fsp3) is 0.120. The van der Waals surface area contributed by atoms with E-state index in [1.54, 1.807) is 36.5 Å². The van der Waals surface area contributed by atoms with Gasteiger partial charge in [0.1, 0.15) is 5.82 Å². The summed E-state index contributed by atoms with van der Waals surface area (Å²) in [6.45, 7) is 2.76. The molecule has 0 spiro atoms. The van der Waals surface area contributed by atoms with Crippen LogP contribution in [0.2, 0.25) is 0 Å². The molecule has 32 heavy (non-hydrogen) atoms. The third-order valence-corrected chi connectivity index (χ3v) is 5.53. The van der Waals surface area contributed by atoms with Gasteiger partial charge >= 0.3 is 0 Å². The zero-order valence-electron chi connectivity index (χ0n) is 17.3. The van der Waals surface area contributed by atoms with Gasteiger partial charge in [0.15, 0.2) is 11.5 Å². The molecule has 0 fully saturated rings. The molecule has 0 bridgehead atoms. The van der Waals surface area contributed by atoms with Crippen molar-refractivity contribution in [2.75, 3.05) is 6.79 Å². The molecule has 0 saturated carbocycles. The molecule has 5 rings (SSSR count). The van der Waals surface area contributed by atoms with E-state index in [0.29, 0.717) is 23.6 Å². The van der Waals surface area contributed by atoms with Crippen LogP contribution in [0.25, 0.3) is 10.9 Å². The van der Waals surface area contributed by atoms with Crippen molar-refractivity contribution < 1.29 is 18.7 Å². The van der Waals surface area contributed by atoms with Crippen LogP contribution in [0.5, 0.6) is 11.5 Å². The highest BCUT2D eigenvalue weighted by Crippen LogP contribution is 2.32. The molecule has 0 saturated heterocycles. The predicted octanol–water partition coefficient (Wildman–Crippen LogP) is 4.63. The van der Waals surface area contributed by atoms with E-state index in [1.807, 2.05) is 31.2 Å². The fourth-order valence-electron chi connectivity index (χ4n) is 3.85. The van der Waals surface area contributed by atoms with Crippen LogP contribution in [0.3, 0.4) is 0 Å². The lowest BCUT2D eigenvalue weighted by Gasteiger charge is -2.08. The van der Waals surface area contributed by atoms with Gasteiger partial charge in [-0.25, -0.2) is 9.82 Å². The van der Waals surface area contributed by atoms with Crippen molar-refractivity contribution in [3.8, 4) is 11.5 Å². The number of fused-ring (bicyclic) bond motifs is 2. The van der Waals surface area contributed by atoms with E-state index in [-0.39, 0.29) is 18.5 Å². The Labute approximate surface area is 183 Å². The maximum atomic E-state index is 13.3. The largest absolute Gasteiger partial charge is 0.454 e. The van der Waals surface area contributed by atoms with Crippen LogP contribution in [-0.2, 0) is 6.54 Å². The third kappa shape index (κ3) is 3.69. The summed E-state index contributed by atoms with van der Waals surface area (Å²) in [5.74, 6) is 0.567. The van der Waals surface area contributed by atoms with Crippen molar-refractivity contribution in [1.82, 2.24) is 9.99 Å². The molecule has 1 aliphatic rings. The Hall–Kier alpha value is -4.13. The topological polar surface area (TPSA) is 64.8 Å². The van der Waals surface area contributed by atoms with Crippen LogP contribution in [0.1, 0.15) is 27.2 Å². The van der Waals surface area contributed by atoms with Gasteiger partial charge in [0.25, 0.3) is 5.91 Å². The van der Waals surface area contributed by atoms with Gasteiger partial charge in [-0.15, -0.1) is 0 Å². The molecule has 2 heterocycles. The molecule has 0 aliphatic carbocycles. The molecule has 3 aromatic carbocycles. The number of nitrogens with zero attached hydrogens (tertiary/aromatic N) is 2. The normalized spacial score (nSPS) is 12.6. The molecule has 7 heteroatoms. The second kappa shape index (κ2) is 8.19. The molecular weight excluding hydrogens is 409 g/mol. The van der Waals surface area contributed by atoms with E-state index < -0.39 is 0 Å². The highest BCUT2D eigenvalue weighted by Gasteiger charge is 2.16. The van der Waals surface area contributed by atoms with Crippen LogP contribution in [0.4, 0.5) is 4.39 Å². The van der Waals surface area contributed by atoms with Gasteiger partial charge in [-0.1, -0.05) is 30.3 Å². The van der Waals surface area contributed by atoms with Crippen molar-refractivity contribution in [2.45, 2.75) is 13.5 Å². The molecular formula is C25H20FN3O3. The summed E-state index contributed by atoms with van der Waals surface area (Å²) in [5.41, 5.74) is 6.95. The van der Waals surface area contributed by atoms with Crippen molar-refractivity contribution in [1.29, 1.82) is 0 Å². The van der Waals surface area contributed by atoms with E-state index in [9.17, 15) is 9.18 Å². The number of para-hydroxylation sites is 1. The molecule has 1 aliphatic heterocycles. The van der Waals surface area contributed by atoms with Gasteiger partial charge < -0.3 is 14.0 Å². The Morgan fingerprint density at radius 1 is 1.09 bits per heavy atom. The van der Waals surface area contributed by atoms with Gasteiger partial charge in [-0.3, -0.25) is 4.79 Å². The Morgan fingerprint density at radius 3 is 2.72 bits per heavy atom. The molecule has 1 aromatic heterocycles. The molecule has 4 aromatic rings. The predicted molar refractivity (Wildman–Crippen MR) is 120 cm³/mol. The first kappa shape index (κ1) is 19.8. The van der Waals surface area contributed by atoms with Crippen molar-refractivity contribution in [3.63, 3.8) is 0 Å². The maximum Gasteiger partial charge on any atom is 0.271 e. The molecule has 0 radical (unpaired) electrons. The molecule has 1 amide bonds. The highest BCUT2D eigenvalue weighted by molar-refractivity contribution is 6.02. The summed E-state index contributed by atoms with van der Waals surface area (Å²) in [5, 5.41) is 5.22. The Bertz CT molecular complexity index is 1340. The zero-order valence-corrected chi connectivity index (χ0v) is 17.3. The van der Waals surface area contributed by atoms with E-state index in [4.69, 9.17) is 9.47 Å². The van der Waals surface area contributed by atoms with Gasteiger partial charge in [-0.05, 0) is 48.9 Å². The Balaban J connectivity index is 1.40. The average molecular weight is 429 g/mol. The lowest BCUT2D eigenvalue weighted by atomic mass is 10.1. The van der Waals surface area contributed by atoms with Crippen LogP contribution >= 0.6 is 0 Å². The number of ether oxygens (including phenoxy) is 2. The SMILES string of the molecule is Cc1c(/C=N\NC(=O)c2ccc3c(c2)OCO3)c2ccccc2n1Cc1ccc(F)cc1. The minimum Gasteiger partial charge on any atom is -0.454 e. The van der Waals surface area contributed by atoms with Crippen LogP contribution in [-0.4, -0.2) is 23.5 Å². The summed E-state index contributed by atoms with van der Waals surface area (Å²) in [6.07, 6.45) is 1.66. The number of carbonyl (C=O) groups is 1. The van der Waals surface area contributed by atoms with Gasteiger partial charge in [0.2, 0.25) is 6.79 Å². The first-order valence-corrected chi connectivity index (χ1v) is 10.2. The Morgan fingerprint density at radius 2 is 1.88 bits per heavy atom. The zero-order chi connectivity index (χ0) is 22.1. The quantitative estimate of drug-likeness (QED) is 0.372. The first-order chi connectivity index (χ1) is 15.6. The lowest BCUT2D eigenvalue weighted by molar-refractivity contribution is 0.0954. The standard InChI is InChI=1S/C25H20FN3O3/c1-16-21(13-27-28-25(30)18-8-11-23-24(12-18)32-15-31-23)20-4-2-3-5-22(20)29(16)14-17-6-9-19(26)10-7-17/h2-13H,14-15H2,1H3,(H,28,30)/b27-13-. The average Bonchev–Trinajstić information content (AvgIpc) is 3.38. The van der Waals surface area contributed by atoms with Crippen molar-refractivity contribution in [3.05, 3.63) is 94.9 Å². The summed E-state index contributed by atoms with van der Waals surface area (Å²) in [4.78, 5) is 12.5. The maximum absolute atomic E-state index is 13.3. The lowest BCUT2D eigenvalue weighted by Crippen LogP contribution is -2.17. The summed E-state index contributed by atoms with van der Waals surface area (Å²) in [7, 11) is 0. The number of halogens is 1. The molecule has 1 N–H and O–H groups in total. The minimum atomic E-state index is -0.341. The number of carbonyl (C=O) groups excluding carboxylic acids is 1. The van der Waals surface area contributed by atoms with Gasteiger partial charge in [0, 0.05) is 34.3 Å². The number of hydrogen-bond acceptors (Lipinski definition) is 4. The van der Waals surface area contributed by atoms with E-state index in [1.165, 1.54) is 12.1 Å². The van der Waals surface area contributed by atoms with Crippen LogP contribution in [0.15, 0.2) is 71.8 Å². The van der Waals surface area contributed by atoms with Gasteiger partial charge in [0.05, 0.1) is 6.21 Å². The summed E-state index contributed by atoms with van der Waals surface area (Å²) >= 11 is 0. The van der Waals surface area contributed by atoms with E-state index >= 15 is 0 Å². The summed E-state index contributed by atoms with van der Waals surface area (Å²) in [6, 6.07) is 19.5. The first-order valence-electron chi connectivity index (χ1n) is 10.2. The number of amides is 1. The Kier molecular flexibility index (Phi) is 5.07. The molecule has 6 nitrogen and oxygen atoms in total. The molecule has 0 unspecified atom stereocenters. The minimum absolute atomic E-state index is 0.153. The van der Waals surface area contributed by atoms with Crippen molar-refractivity contribution in [2.24, 2.45) is 5.10 Å². The van der Waals surface area contributed by atoms with Gasteiger partial charge in [-0.2, -0.15) is 5.10 Å². The van der Waals surface area contributed by atoms with Crippen LogP contribution in [0, 0.1) is 12.7 Å². The highest BCUT2D eigenvalue weighted by atomic mass is 19.1. The smallest absolute Gasteiger partial charge is 0.271 e. The molecule has 0 atom stereocenters. The number of rotatable bonds is 5. The number of hydrogen-bond donors (Lipinski definition) is 1. The third-order valence-electron chi connectivity index (χ3n) is 5.53. The number of hydrazone groups is 1. The second-order valence-corrected chi connectivity index (χ2v) is 7.50. The summed E-state index contributed by atoms with van der Waals surface area (Å²) < 4.78 is 26.0. The number of nitrogens with one attached hydrogen (secondary N) is 1. The van der Waals surface area contributed by atoms with E-state index in [2.05, 4.69) is 15.1 Å². The fourth-order valence-corrected chi connectivity index (χ4v) is 3.85. The number of aromatic nitrogens is 1. The molecule has 160 valence electrons. The van der Waals surface area contributed by atoms with Crippen LogP contribution < -0.4 is 14.9 Å². The second-order valence-electron chi connectivity index (χ2n) is 7.50.